The molecular weight excluding hydrogens is 1180 g/mol. The molecule has 2 rings (SSSR count). The smallest absolute Gasteiger partial charge is 0.411 e. The Labute approximate surface area is 519 Å². The highest BCUT2D eigenvalue weighted by atomic mass is 16.6. The molecule has 0 fully saturated rings. The Kier molecular flexibility index (Phi) is 32.7. The number of esters is 9. The lowest BCUT2D eigenvalue weighted by atomic mass is 9.90. The van der Waals surface area contributed by atoms with Crippen molar-refractivity contribution in [1.29, 1.82) is 0 Å². The van der Waals surface area contributed by atoms with E-state index in [-0.39, 0.29) is 5.69 Å². The van der Waals surface area contributed by atoms with Gasteiger partial charge in [-0.25, -0.2) is 52.7 Å². The molecule has 90 heavy (non-hydrogen) atoms. The van der Waals surface area contributed by atoms with Crippen LogP contribution in [0.4, 0.5) is 21.0 Å². The van der Waals surface area contributed by atoms with Crippen LogP contribution < -0.4 is 10.6 Å². The van der Waals surface area contributed by atoms with Crippen LogP contribution in [0.25, 0.3) is 11.1 Å². The van der Waals surface area contributed by atoms with Crippen molar-refractivity contribution in [3.63, 3.8) is 0 Å². The molecule has 2 aromatic rings. The second kappa shape index (κ2) is 38.8. The minimum atomic E-state index is -1.70. The number of amides is 2. The van der Waals surface area contributed by atoms with Gasteiger partial charge < -0.3 is 66.7 Å². The molecule has 0 bridgehead atoms. The van der Waals surface area contributed by atoms with Gasteiger partial charge >= 0.3 is 65.9 Å². The molecule has 0 spiro atoms. The first-order valence-electron chi connectivity index (χ1n) is 26.8. The minimum absolute atomic E-state index is 0.279. The number of aryl methyl sites for hydroxylation is 2. The van der Waals surface area contributed by atoms with E-state index in [2.05, 4.69) is 69.8 Å². The Morgan fingerprint density at radius 1 is 0.333 bits per heavy atom. The van der Waals surface area contributed by atoms with Crippen LogP contribution in [0.5, 0.6) is 0 Å². The van der Waals surface area contributed by atoms with Gasteiger partial charge in [-0.05, 0) is 60.4 Å². The summed E-state index contributed by atoms with van der Waals surface area (Å²) in [4.78, 5) is 137. The highest BCUT2D eigenvalue weighted by Crippen LogP contribution is 2.31. The molecule has 0 aliphatic carbocycles. The average Bonchev–Trinajstić information content (AvgIpc) is 1.16. The molecule has 1 unspecified atom stereocenters. The van der Waals surface area contributed by atoms with E-state index in [0.29, 0.717) is 27.9 Å². The maximum Gasteiger partial charge on any atom is 0.411 e. The zero-order valence-corrected chi connectivity index (χ0v) is 50.1. The molecule has 2 aromatic carbocycles. The first kappa shape index (κ1) is 75.8. The Hall–Kier alpha value is -10.3. The first-order valence-corrected chi connectivity index (χ1v) is 26.8. The first-order chi connectivity index (χ1) is 42.8. The number of aliphatic hydroxyl groups is 1. The SMILES string of the molecule is C=CC(=O)OCC(COCC(CO)(COC(=O)C=C)COC(=O)Nc1ccc(-c2ccc(NC(=O)OCC(COCC(COC(=O)C=C)(COC(=O)C=C)COC(=O)C=C)(COC(=O)C=C)COC(=O)C=C)c(C)c2)cc1C)(COC(=O)C=C)COC(=O)C=C. The van der Waals surface area contributed by atoms with Gasteiger partial charge in [0.25, 0.3) is 0 Å². The fourth-order valence-electron chi connectivity index (χ4n) is 7.22. The van der Waals surface area contributed by atoms with Gasteiger partial charge in [0.1, 0.15) is 72.7 Å². The molecule has 3 N–H and O–H groups in total. The summed E-state index contributed by atoms with van der Waals surface area (Å²) in [6, 6.07) is 9.98. The van der Waals surface area contributed by atoms with Crippen LogP contribution in [0.2, 0.25) is 0 Å². The number of benzene rings is 2. The van der Waals surface area contributed by atoms with Gasteiger partial charge in [-0.15, -0.1) is 0 Å². The van der Waals surface area contributed by atoms with E-state index in [1.165, 1.54) is 0 Å². The van der Waals surface area contributed by atoms with Crippen molar-refractivity contribution in [3.05, 3.63) is 161 Å². The maximum absolute atomic E-state index is 13.6. The lowest BCUT2D eigenvalue weighted by Crippen LogP contribution is -2.47. The number of hydrogen-bond donors (Lipinski definition) is 3. The number of hydrogen-bond acceptors (Lipinski definition) is 25. The third kappa shape index (κ3) is 26.8. The Bertz CT molecular complexity index is 2850. The Morgan fingerprint density at radius 2 is 0.533 bits per heavy atom. The van der Waals surface area contributed by atoms with Crippen LogP contribution in [-0.2, 0) is 105 Å². The van der Waals surface area contributed by atoms with Crippen molar-refractivity contribution in [2.45, 2.75) is 13.8 Å². The van der Waals surface area contributed by atoms with E-state index in [9.17, 15) is 57.8 Å². The fourth-order valence-corrected chi connectivity index (χ4v) is 7.22. The maximum atomic E-state index is 13.6. The Balaban J connectivity index is 2.39. The summed E-state index contributed by atoms with van der Waals surface area (Å²) in [5.41, 5.74) is -3.59. The number of carbonyl (C=O) groups is 11. The van der Waals surface area contributed by atoms with Gasteiger partial charge in [0, 0.05) is 66.1 Å². The summed E-state index contributed by atoms with van der Waals surface area (Å²) >= 11 is 0. The largest absolute Gasteiger partial charge is 0.462 e. The van der Waals surface area contributed by atoms with Gasteiger partial charge in [0.15, 0.2) is 0 Å². The van der Waals surface area contributed by atoms with Gasteiger partial charge in [0.05, 0.1) is 54.7 Å². The molecule has 0 aliphatic heterocycles. The van der Waals surface area contributed by atoms with Crippen LogP contribution in [-0.4, -0.2) is 177 Å². The van der Waals surface area contributed by atoms with Crippen molar-refractivity contribution in [2.75, 3.05) is 116 Å². The van der Waals surface area contributed by atoms with Gasteiger partial charge in [-0.1, -0.05) is 71.3 Å². The van der Waals surface area contributed by atoms with Crippen LogP contribution >= 0.6 is 0 Å². The predicted octanol–water partition coefficient (Wildman–Crippen LogP) is 5.60. The highest BCUT2D eigenvalue weighted by molar-refractivity contribution is 5.89. The molecular formula is C63H74N2O25. The van der Waals surface area contributed by atoms with Crippen molar-refractivity contribution < 1.29 is 119 Å². The summed E-state index contributed by atoms with van der Waals surface area (Å²) in [5.74, 6) is -8.07. The molecule has 2 amide bonds. The fraction of sp³-hybridized carbons (Fsp3) is 0.349. The molecule has 0 aliphatic rings. The van der Waals surface area contributed by atoms with Crippen molar-refractivity contribution >= 4 is 77.3 Å². The van der Waals surface area contributed by atoms with Crippen LogP contribution in [0.1, 0.15) is 11.1 Å². The molecule has 0 saturated carbocycles. The number of aliphatic hydroxyl groups excluding tert-OH is 1. The quantitative estimate of drug-likeness (QED) is 0.0413. The number of nitrogens with one attached hydrogen (secondary N) is 2. The minimum Gasteiger partial charge on any atom is -0.462 e. The number of rotatable bonds is 43. The van der Waals surface area contributed by atoms with Crippen LogP contribution in [0.3, 0.4) is 0 Å². The second-order valence-corrected chi connectivity index (χ2v) is 19.9. The van der Waals surface area contributed by atoms with E-state index in [1.807, 2.05) is 0 Å². The van der Waals surface area contributed by atoms with E-state index in [0.717, 1.165) is 54.7 Å². The lowest BCUT2D eigenvalue weighted by Gasteiger charge is -2.35. The average molecular weight is 1260 g/mol. The van der Waals surface area contributed by atoms with E-state index < -0.39 is 193 Å². The summed E-state index contributed by atoms with van der Waals surface area (Å²) in [5, 5.41) is 16.0. The third-order valence-corrected chi connectivity index (χ3v) is 12.4. The summed E-state index contributed by atoms with van der Waals surface area (Å²) in [6.07, 6.45) is 5.70. The molecule has 27 heteroatoms. The highest BCUT2D eigenvalue weighted by Gasteiger charge is 2.42. The topological polar surface area (TPSA) is 352 Å². The summed E-state index contributed by atoms with van der Waals surface area (Å²) in [6.45, 7) is 24.2. The zero-order chi connectivity index (χ0) is 67.3. The molecule has 0 radical (unpaired) electrons. The second-order valence-electron chi connectivity index (χ2n) is 19.9. The van der Waals surface area contributed by atoms with Crippen LogP contribution in [0, 0.1) is 35.5 Å². The summed E-state index contributed by atoms with van der Waals surface area (Å²) in [7, 11) is 0. The van der Waals surface area contributed by atoms with Crippen molar-refractivity contribution in [3.8, 4) is 11.1 Å². The molecule has 1 atom stereocenters. The number of anilines is 2. The lowest BCUT2D eigenvalue weighted by molar-refractivity contribution is -0.169. The van der Waals surface area contributed by atoms with Crippen molar-refractivity contribution in [1.82, 2.24) is 0 Å². The standard InChI is InChI=1S/C63H74N2O25/c1-12-49(67)80-32-60(27-66,28-78-29-61(34-81-50(68)13-2,35-82-51(69)14-3)36-83-52(70)15-4)33-89-58(76)64-47-23-21-45(25-43(47)10)46-22-24-48(44(11)26-46)65-59(77)90-42-63(40-87-56(74)19-8,41-88-57(75)20-9)31-79-30-62(37-84-53(71)16-5,38-85-54(72)17-6)39-86-55(73)18-7/h12-26,66H,1-9,27-42H2,10-11H3,(H,64,76)(H,65,77). The van der Waals surface area contributed by atoms with Gasteiger partial charge in [-0.3, -0.25) is 10.6 Å². The predicted molar refractivity (Wildman–Crippen MR) is 320 cm³/mol. The number of ether oxygens (including phenoxy) is 13. The van der Waals surface area contributed by atoms with Crippen molar-refractivity contribution in [2.24, 2.45) is 21.7 Å². The molecule has 0 saturated heterocycles. The molecule has 486 valence electrons. The van der Waals surface area contributed by atoms with Gasteiger partial charge in [-0.2, -0.15) is 0 Å². The van der Waals surface area contributed by atoms with E-state index in [1.54, 1.807) is 50.2 Å². The number of carbonyl (C=O) groups excluding carboxylic acids is 11. The zero-order valence-electron chi connectivity index (χ0n) is 50.1. The third-order valence-electron chi connectivity index (χ3n) is 12.4. The molecule has 0 heterocycles. The molecule has 27 nitrogen and oxygen atoms in total. The normalized spacial score (nSPS) is 11.5. The Morgan fingerprint density at radius 3 is 0.744 bits per heavy atom. The monoisotopic (exact) mass is 1260 g/mol. The van der Waals surface area contributed by atoms with E-state index >= 15 is 0 Å². The van der Waals surface area contributed by atoms with Gasteiger partial charge in [0.2, 0.25) is 0 Å². The summed E-state index contributed by atoms with van der Waals surface area (Å²) < 4.78 is 70.6. The van der Waals surface area contributed by atoms with Crippen LogP contribution in [0.15, 0.2) is 150 Å². The van der Waals surface area contributed by atoms with E-state index in [4.69, 9.17) is 61.6 Å². The molecule has 0 aromatic heterocycles.